The third-order valence-electron chi connectivity index (χ3n) is 6.28. The largest absolute Gasteiger partial charge is 0.317 e. The van der Waals surface area contributed by atoms with Crippen molar-refractivity contribution in [3.8, 4) is 0 Å². The third-order valence-corrected chi connectivity index (χ3v) is 6.28. The number of aryl methyl sites for hydroxylation is 1. The van der Waals surface area contributed by atoms with Crippen molar-refractivity contribution in [2.75, 3.05) is 18.4 Å². The Balaban J connectivity index is 0.00000261. The summed E-state index contributed by atoms with van der Waals surface area (Å²) in [6.07, 6.45) is 7.54. The predicted molar refractivity (Wildman–Crippen MR) is 111 cm³/mol. The van der Waals surface area contributed by atoms with Gasteiger partial charge in [0.05, 0.1) is 0 Å². The number of nitrogens with zero attached hydrogens (tertiary/aromatic N) is 3. The van der Waals surface area contributed by atoms with Crippen LogP contribution < -0.4 is 10.6 Å². The van der Waals surface area contributed by atoms with E-state index in [2.05, 4.69) is 41.5 Å². The topological polar surface area (TPSA) is 71.8 Å². The molecule has 0 unspecified atom stereocenters. The van der Waals surface area contributed by atoms with Gasteiger partial charge in [0.1, 0.15) is 0 Å². The lowest BCUT2D eigenvalue weighted by molar-refractivity contribution is -0.117. The quantitative estimate of drug-likeness (QED) is 0.808. The van der Waals surface area contributed by atoms with Crippen LogP contribution >= 0.6 is 12.4 Å². The average Bonchev–Trinajstić information content (AvgIpc) is 2.96. The minimum absolute atomic E-state index is 0. The zero-order valence-electron chi connectivity index (χ0n) is 17.3. The summed E-state index contributed by atoms with van der Waals surface area (Å²) < 4.78 is 1.71. The molecule has 6 nitrogen and oxygen atoms in total. The molecule has 1 aromatic rings. The SMILES string of the molecule is Cl.Cn1nc(C2CCNCC2)nc1NC(=O)CC1CCC(C(C)(C)C)CC1. The Kier molecular flexibility index (Phi) is 7.69. The average molecular weight is 398 g/mol. The molecule has 154 valence electrons. The molecule has 0 bridgehead atoms. The maximum Gasteiger partial charge on any atom is 0.227 e. The second-order valence-corrected chi connectivity index (χ2v) is 9.28. The number of hydrogen-bond acceptors (Lipinski definition) is 4. The molecule has 1 aliphatic carbocycles. The molecular weight excluding hydrogens is 362 g/mol. The van der Waals surface area contributed by atoms with E-state index < -0.39 is 0 Å². The first-order valence-electron chi connectivity index (χ1n) is 10.2. The summed E-state index contributed by atoms with van der Waals surface area (Å²) in [6.45, 7) is 9.03. The number of halogens is 1. The molecule has 1 saturated carbocycles. The van der Waals surface area contributed by atoms with Crippen molar-refractivity contribution >= 4 is 24.3 Å². The van der Waals surface area contributed by atoms with Gasteiger partial charge >= 0.3 is 0 Å². The fraction of sp³-hybridized carbons (Fsp3) is 0.850. The van der Waals surface area contributed by atoms with Gasteiger partial charge in [-0.25, -0.2) is 4.68 Å². The molecule has 27 heavy (non-hydrogen) atoms. The summed E-state index contributed by atoms with van der Waals surface area (Å²) >= 11 is 0. The number of hydrogen-bond donors (Lipinski definition) is 2. The summed E-state index contributed by atoms with van der Waals surface area (Å²) in [6, 6.07) is 0. The Morgan fingerprint density at radius 3 is 2.37 bits per heavy atom. The molecule has 0 aromatic carbocycles. The molecule has 0 atom stereocenters. The normalized spacial score (nSPS) is 24.3. The third kappa shape index (κ3) is 5.92. The van der Waals surface area contributed by atoms with E-state index in [1.165, 1.54) is 12.8 Å². The zero-order chi connectivity index (χ0) is 18.7. The number of rotatable bonds is 4. The van der Waals surface area contributed by atoms with Gasteiger partial charge in [0, 0.05) is 19.4 Å². The Labute approximate surface area is 169 Å². The minimum atomic E-state index is 0. The number of nitrogens with one attached hydrogen (secondary N) is 2. The molecule has 1 aliphatic heterocycles. The standard InChI is InChI=1S/C20H35N5O.ClH/c1-20(2,3)16-7-5-14(6-8-16)13-17(26)22-19-23-18(24-25(19)4)15-9-11-21-12-10-15;/h14-16,21H,5-13H2,1-4H3,(H,22,23,24,26);1H. The van der Waals surface area contributed by atoms with Crippen LogP contribution in [0.1, 0.15) is 77.5 Å². The molecule has 7 heteroatoms. The molecule has 0 radical (unpaired) electrons. The number of piperidine rings is 1. The van der Waals surface area contributed by atoms with E-state index in [-0.39, 0.29) is 18.3 Å². The summed E-state index contributed by atoms with van der Waals surface area (Å²) in [7, 11) is 1.86. The highest BCUT2D eigenvalue weighted by Crippen LogP contribution is 2.40. The van der Waals surface area contributed by atoms with Gasteiger partial charge in [0.2, 0.25) is 11.9 Å². The number of amides is 1. The van der Waals surface area contributed by atoms with E-state index in [0.29, 0.717) is 29.6 Å². The first-order valence-corrected chi connectivity index (χ1v) is 10.2. The molecule has 2 N–H and O–H groups in total. The zero-order valence-corrected chi connectivity index (χ0v) is 18.1. The first-order chi connectivity index (χ1) is 12.3. The summed E-state index contributed by atoms with van der Waals surface area (Å²) in [5.74, 6) is 3.23. The van der Waals surface area contributed by atoms with Crippen molar-refractivity contribution in [3.05, 3.63) is 5.82 Å². The molecule has 2 heterocycles. The molecule has 1 aromatic heterocycles. The van der Waals surface area contributed by atoms with Gasteiger partial charge in [-0.15, -0.1) is 12.4 Å². The van der Waals surface area contributed by atoms with Crippen molar-refractivity contribution in [1.29, 1.82) is 0 Å². The molecule has 3 rings (SSSR count). The van der Waals surface area contributed by atoms with Crippen LogP contribution in [0.3, 0.4) is 0 Å². The van der Waals surface area contributed by atoms with Crippen LogP contribution in [0, 0.1) is 17.3 Å². The van der Waals surface area contributed by atoms with Crippen LogP contribution in [0.15, 0.2) is 0 Å². The summed E-state index contributed by atoms with van der Waals surface area (Å²) in [5.41, 5.74) is 0.386. The maximum absolute atomic E-state index is 12.5. The van der Waals surface area contributed by atoms with Crippen LogP contribution in [0.25, 0.3) is 0 Å². The molecule has 0 spiro atoms. The lowest BCUT2D eigenvalue weighted by atomic mass is 9.69. The second-order valence-electron chi connectivity index (χ2n) is 9.28. The van der Waals surface area contributed by atoms with E-state index in [1.807, 2.05) is 7.05 Å². The predicted octanol–water partition coefficient (Wildman–Crippen LogP) is 3.89. The number of carbonyl (C=O) groups is 1. The van der Waals surface area contributed by atoms with Gasteiger partial charge in [-0.05, 0) is 68.9 Å². The highest BCUT2D eigenvalue weighted by molar-refractivity contribution is 5.89. The Morgan fingerprint density at radius 2 is 1.78 bits per heavy atom. The summed E-state index contributed by atoms with van der Waals surface area (Å²) in [5, 5.41) is 10.9. The van der Waals surface area contributed by atoms with Crippen molar-refractivity contribution in [2.45, 2.75) is 71.6 Å². The second kappa shape index (κ2) is 9.37. The number of aromatic nitrogens is 3. The van der Waals surface area contributed by atoms with Crippen LogP contribution in [-0.4, -0.2) is 33.8 Å². The van der Waals surface area contributed by atoms with Crippen molar-refractivity contribution in [3.63, 3.8) is 0 Å². The van der Waals surface area contributed by atoms with Crippen molar-refractivity contribution in [1.82, 2.24) is 20.1 Å². The van der Waals surface area contributed by atoms with Crippen LogP contribution in [0.5, 0.6) is 0 Å². The van der Waals surface area contributed by atoms with Crippen molar-refractivity contribution in [2.24, 2.45) is 24.3 Å². The van der Waals surface area contributed by atoms with Gasteiger partial charge in [-0.3, -0.25) is 10.1 Å². The van der Waals surface area contributed by atoms with E-state index in [0.717, 1.165) is 50.5 Å². The van der Waals surface area contributed by atoms with E-state index >= 15 is 0 Å². The Morgan fingerprint density at radius 1 is 1.15 bits per heavy atom. The summed E-state index contributed by atoms with van der Waals surface area (Å²) in [4.78, 5) is 17.1. The first kappa shape index (κ1) is 22.2. The molecule has 2 aliphatic rings. The monoisotopic (exact) mass is 397 g/mol. The van der Waals surface area contributed by atoms with Crippen LogP contribution in [0.2, 0.25) is 0 Å². The highest BCUT2D eigenvalue weighted by atomic mass is 35.5. The molecule has 1 amide bonds. The lowest BCUT2D eigenvalue weighted by Gasteiger charge is -2.36. The Hall–Kier alpha value is -1.14. The van der Waals surface area contributed by atoms with Crippen LogP contribution in [-0.2, 0) is 11.8 Å². The molecular formula is C20H36ClN5O. The van der Waals surface area contributed by atoms with Gasteiger partial charge in [0.25, 0.3) is 0 Å². The lowest BCUT2D eigenvalue weighted by Crippen LogP contribution is -2.28. The number of anilines is 1. The van der Waals surface area contributed by atoms with Crippen molar-refractivity contribution < 1.29 is 4.79 Å². The van der Waals surface area contributed by atoms with E-state index in [4.69, 9.17) is 0 Å². The van der Waals surface area contributed by atoms with Gasteiger partial charge in [-0.1, -0.05) is 20.8 Å². The Bertz CT molecular complexity index is 610. The van der Waals surface area contributed by atoms with Crippen LogP contribution in [0.4, 0.5) is 5.95 Å². The maximum atomic E-state index is 12.5. The fourth-order valence-electron chi connectivity index (χ4n) is 4.44. The van der Waals surface area contributed by atoms with Gasteiger partial charge in [-0.2, -0.15) is 10.1 Å². The number of carbonyl (C=O) groups excluding carboxylic acids is 1. The van der Waals surface area contributed by atoms with Gasteiger partial charge in [0.15, 0.2) is 5.82 Å². The molecule has 2 fully saturated rings. The highest BCUT2D eigenvalue weighted by Gasteiger charge is 2.30. The van der Waals surface area contributed by atoms with E-state index in [1.54, 1.807) is 4.68 Å². The van der Waals surface area contributed by atoms with Gasteiger partial charge < -0.3 is 5.32 Å². The fourth-order valence-corrected chi connectivity index (χ4v) is 4.44. The van der Waals surface area contributed by atoms with E-state index in [9.17, 15) is 4.79 Å². The smallest absolute Gasteiger partial charge is 0.227 e. The molecule has 1 saturated heterocycles. The minimum Gasteiger partial charge on any atom is -0.317 e.